The van der Waals surface area contributed by atoms with Crippen LogP contribution in [-0.4, -0.2) is 34.4 Å². The monoisotopic (exact) mass is 386 g/mol. The number of carbonyl (C=O) groups excluding carboxylic acids is 1. The summed E-state index contributed by atoms with van der Waals surface area (Å²) in [5, 5.41) is 10.3. The molecule has 0 aromatic carbocycles. The quantitative estimate of drug-likeness (QED) is 0.740. The summed E-state index contributed by atoms with van der Waals surface area (Å²) >= 11 is 0. The van der Waals surface area contributed by atoms with Gasteiger partial charge in [-0.3, -0.25) is 4.79 Å². The van der Waals surface area contributed by atoms with Gasteiger partial charge >= 0.3 is 5.97 Å². The number of carbonyl (C=O) groups is 2. The molecule has 5 aliphatic rings. The van der Waals surface area contributed by atoms with Crippen LogP contribution in [0.2, 0.25) is 0 Å². The summed E-state index contributed by atoms with van der Waals surface area (Å²) in [7, 11) is 0. The number of hydrogen-bond donors (Lipinski definition) is 1. The molecule has 0 spiro atoms. The highest BCUT2D eigenvalue weighted by molar-refractivity contribution is 6.01. The molecule has 0 aromatic rings. The Kier molecular flexibility index (Phi) is 3.56. The Balaban J connectivity index is 1.55. The van der Waals surface area contributed by atoms with Gasteiger partial charge in [0.15, 0.2) is 17.2 Å². The molecular weight excluding hydrogens is 356 g/mol. The van der Waals surface area contributed by atoms with Gasteiger partial charge in [0.25, 0.3) is 0 Å². The van der Waals surface area contributed by atoms with Gasteiger partial charge in [-0.2, -0.15) is 0 Å². The van der Waals surface area contributed by atoms with Crippen LogP contribution in [0.1, 0.15) is 59.8 Å². The number of hydrogen-bond acceptors (Lipinski definition) is 4. The van der Waals surface area contributed by atoms with E-state index in [9.17, 15) is 14.7 Å². The lowest BCUT2D eigenvalue weighted by atomic mass is 9.47. The summed E-state index contributed by atoms with van der Waals surface area (Å²) in [6.07, 6.45) is 9.70. The van der Waals surface area contributed by atoms with Crippen molar-refractivity contribution < 1.29 is 24.2 Å². The van der Waals surface area contributed by atoms with Gasteiger partial charge in [0, 0.05) is 10.8 Å². The van der Waals surface area contributed by atoms with E-state index in [2.05, 4.69) is 19.9 Å². The minimum Gasteiger partial charge on any atom is -0.479 e. The van der Waals surface area contributed by atoms with Gasteiger partial charge < -0.3 is 14.6 Å². The molecule has 0 aromatic heterocycles. The number of allylic oxidation sites excluding steroid dienone is 4. The first-order chi connectivity index (χ1) is 13.0. The van der Waals surface area contributed by atoms with Gasteiger partial charge in [0.1, 0.15) is 6.10 Å². The molecule has 0 radical (unpaired) electrons. The minimum absolute atomic E-state index is 0.0901. The minimum atomic E-state index is -1.26. The summed E-state index contributed by atoms with van der Waals surface area (Å²) in [6.45, 7) is 8.03. The fraction of sp³-hybridized carbons (Fsp3) is 0.739. The van der Waals surface area contributed by atoms with Crippen LogP contribution in [0.5, 0.6) is 0 Å². The van der Waals surface area contributed by atoms with E-state index in [-0.39, 0.29) is 17.1 Å². The van der Waals surface area contributed by atoms with Gasteiger partial charge in [-0.25, -0.2) is 4.79 Å². The van der Waals surface area contributed by atoms with Crippen LogP contribution in [0.15, 0.2) is 23.8 Å². The van der Waals surface area contributed by atoms with Crippen molar-refractivity contribution in [2.45, 2.75) is 77.3 Å². The zero-order valence-corrected chi connectivity index (χ0v) is 17.2. The van der Waals surface area contributed by atoms with E-state index in [0.717, 1.165) is 32.1 Å². The smallest absolute Gasteiger partial charge is 0.339 e. The van der Waals surface area contributed by atoms with E-state index >= 15 is 0 Å². The first kappa shape index (κ1) is 18.6. The molecule has 1 aliphatic heterocycles. The molecule has 0 unspecified atom stereocenters. The van der Waals surface area contributed by atoms with Crippen molar-refractivity contribution in [3.05, 3.63) is 23.8 Å². The lowest BCUT2D eigenvalue weighted by molar-refractivity contribution is -0.223. The molecule has 28 heavy (non-hydrogen) atoms. The molecule has 152 valence electrons. The van der Waals surface area contributed by atoms with Crippen LogP contribution in [0.3, 0.4) is 0 Å². The van der Waals surface area contributed by atoms with E-state index in [0.29, 0.717) is 11.8 Å². The second-order valence-corrected chi connectivity index (χ2v) is 10.4. The third-order valence-electron chi connectivity index (χ3n) is 8.87. The van der Waals surface area contributed by atoms with Gasteiger partial charge in [0.2, 0.25) is 0 Å². The lowest BCUT2D eigenvalue weighted by Crippen LogP contribution is -2.60. The lowest BCUT2D eigenvalue weighted by Gasteiger charge is -2.57. The normalized spacial score (nSPS) is 51.0. The second kappa shape index (κ2) is 5.37. The second-order valence-electron chi connectivity index (χ2n) is 10.4. The Hall–Kier alpha value is -1.46. The summed E-state index contributed by atoms with van der Waals surface area (Å²) in [6, 6.07) is 0. The highest BCUT2D eigenvalue weighted by Crippen LogP contribution is 2.70. The van der Waals surface area contributed by atoms with Crippen molar-refractivity contribution in [1.29, 1.82) is 0 Å². The van der Waals surface area contributed by atoms with Crippen molar-refractivity contribution in [3.8, 4) is 0 Å². The Morgan fingerprint density at radius 1 is 1.18 bits per heavy atom. The van der Waals surface area contributed by atoms with Crippen LogP contribution >= 0.6 is 0 Å². The molecule has 7 atom stereocenters. The highest BCUT2D eigenvalue weighted by atomic mass is 16.8. The molecule has 5 heteroatoms. The average Bonchev–Trinajstić information content (AvgIpc) is 3.02. The largest absolute Gasteiger partial charge is 0.479 e. The third-order valence-corrected chi connectivity index (χ3v) is 8.87. The summed E-state index contributed by atoms with van der Waals surface area (Å²) in [5.74, 6) is -0.529. The predicted molar refractivity (Wildman–Crippen MR) is 102 cm³/mol. The predicted octanol–water partition coefficient (Wildman–Crippen LogP) is 3.88. The van der Waals surface area contributed by atoms with Crippen molar-refractivity contribution in [1.82, 2.24) is 0 Å². The summed E-state index contributed by atoms with van der Waals surface area (Å²) in [5.41, 5.74) is -0.538. The molecule has 0 bridgehead atoms. The Bertz CT molecular complexity index is 825. The third kappa shape index (κ3) is 2.05. The average molecular weight is 386 g/mol. The van der Waals surface area contributed by atoms with Crippen LogP contribution in [0.4, 0.5) is 0 Å². The highest BCUT2D eigenvalue weighted by Gasteiger charge is 2.76. The van der Waals surface area contributed by atoms with E-state index < -0.39 is 28.9 Å². The molecule has 4 fully saturated rings. The van der Waals surface area contributed by atoms with Crippen molar-refractivity contribution >= 4 is 11.8 Å². The maximum Gasteiger partial charge on any atom is 0.339 e. The van der Waals surface area contributed by atoms with Gasteiger partial charge in [-0.1, -0.05) is 25.5 Å². The van der Waals surface area contributed by atoms with Crippen molar-refractivity contribution in [2.24, 2.45) is 28.6 Å². The number of ketones is 1. The molecule has 0 amide bonds. The summed E-state index contributed by atoms with van der Waals surface area (Å²) in [4.78, 5) is 24.5. The van der Waals surface area contributed by atoms with E-state index in [1.165, 1.54) is 5.57 Å². The molecule has 5 nitrogen and oxygen atoms in total. The van der Waals surface area contributed by atoms with Crippen LogP contribution < -0.4 is 0 Å². The zero-order chi connectivity index (χ0) is 20.1. The zero-order valence-electron chi connectivity index (χ0n) is 17.2. The number of carboxylic acid groups (broad SMARTS) is 1. The molecule has 4 aliphatic carbocycles. The molecule has 5 rings (SSSR count). The van der Waals surface area contributed by atoms with Gasteiger partial charge in [-0.15, -0.1) is 0 Å². The maximum absolute atomic E-state index is 12.6. The topological polar surface area (TPSA) is 72.8 Å². The number of aliphatic carboxylic acids is 1. The Labute approximate surface area is 166 Å². The van der Waals surface area contributed by atoms with E-state index in [4.69, 9.17) is 9.47 Å². The van der Waals surface area contributed by atoms with Crippen molar-refractivity contribution in [2.75, 3.05) is 0 Å². The maximum atomic E-state index is 12.6. The first-order valence-electron chi connectivity index (χ1n) is 10.6. The van der Waals surface area contributed by atoms with Crippen LogP contribution in [0, 0.1) is 28.6 Å². The van der Waals surface area contributed by atoms with Crippen molar-refractivity contribution in [3.63, 3.8) is 0 Å². The Morgan fingerprint density at radius 3 is 2.64 bits per heavy atom. The standard InChI is InChI=1S/C23H30O5/c1-20(2)27-18-12-17-15-6-5-13-11-14(24)7-9-21(13,3)16(15)8-10-22(17,4)23(18,28-20)19(25)26/h7,9,11,15-18H,5-6,8,10,12H2,1-4H3,(H,25,26)/t15-,16+,17+,18-,21+,22+,23+/m1/s1. The van der Waals surface area contributed by atoms with Crippen LogP contribution in [0.25, 0.3) is 0 Å². The SMILES string of the molecule is CC1(C)O[C@@H]2C[C@H]3[C@@H]4CCC5=CC(=O)C=C[C@]5(C)[C@H]4CC[C@]3(C)[C@]2(C(=O)O)O1. The summed E-state index contributed by atoms with van der Waals surface area (Å²) < 4.78 is 12.4. The van der Waals surface area contributed by atoms with E-state index in [1.807, 2.05) is 19.9 Å². The van der Waals surface area contributed by atoms with Gasteiger partial charge in [0.05, 0.1) is 0 Å². The molecule has 1 N–H and O–H groups in total. The van der Waals surface area contributed by atoms with Gasteiger partial charge in [-0.05, 0) is 75.9 Å². The molecule has 1 saturated heterocycles. The van der Waals surface area contributed by atoms with E-state index in [1.54, 1.807) is 6.08 Å². The fourth-order valence-electron chi connectivity index (χ4n) is 7.67. The first-order valence-corrected chi connectivity index (χ1v) is 10.6. The van der Waals surface area contributed by atoms with Crippen LogP contribution in [-0.2, 0) is 19.1 Å². The molecule has 3 saturated carbocycles. The number of carboxylic acids is 1. The molecule has 1 heterocycles. The number of fused-ring (bicyclic) bond motifs is 7. The number of ether oxygens (including phenoxy) is 2. The fourth-order valence-corrected chi connectivity index (χ4v) is 7.67. The number of rotatable bonds is 1. The Morgan fingerprint density at radius 2 is 1.93 bits per heavy atom. The molecular formula is C23H30O5.